The zero-order valence-electron chi connectivity index (χ0n) is 15.2. The number of unbranched alkanes of at least 4 members (excludes halogenated alkanes) is 5. The van der Waals surface area contributed by atoms with Crippen LogP contribution in [0.3, 0.4) is 0 Å². The molecule has 0 aliphatic rings. The maximum absolute atomic E-state index is 11.8. The summed E-state index contributed by atoms with van der Waals surface area (Å²) in [6.45, 7) is 4.95. The molecule has 1 rings (SSSR count). The number of carbonyl (C=O) groups is 1. The highest BCUT2D eigenvalue weighted by Gasteiger charge is 2.06. The molecular formula is C20H32O4. The molecule has 0 atom stereocenters. The lowest BCUT2D eigenvalue weighted by atomic mass is 10.1. The molecule has 0 aromatic heterocycles. The highest BCUT2D eigenvalue weighted by molar-refractivity contribution is 5.79. The van der Waals surface area contributed by atoms with Crippen molar-refractivity contribution in [3.63, 3.8) is 0 Å². The van der Waals surface area contributed by atoms with Crippen LogP contribution in [0.25, 0.3) is 0 Å². The molecule has 0 amide bonds. The van der Waals surface area contributed by atoms with E-state index in [1.807, 2.05) is 6.07 Å². The first-order chi connectivity index (χ1) is 11.7. The van der Waals surface area contributed by atoms with E-state index in [9.17, 15) is 9.90 Å². The van der Waals surface area contributed by atoms with Crippen molar-refractivity contribution < 1.29 is 19.4 Å². The third-order valence-corrected chi connectivity index (χ3v) is 3.85. The molecule has 0 unspecified atom stereocenters. The summed E-state index contributed by atoms with van der Waals surface area (Å²) in [6.07, 6.45) is 8.25. The van der Waals surface area contributed by atoms with E-state index < -0.39 is 0 Å². The average Bonchev–Trinajstić information content (AvgIpc) is 2.60. The molecule has 0 bridgehead atoms. The number of Topliss-reactive ketones (excluding diaryl/α,β-unsaturated/α-hetero) is 1. The molecule has 4 heteroatoms. The molecular weight excluding hydrogens is 304 g/mol. The van der Waals surface area contributed by atoms with Crippen molar-refractivity contribution in [1.29, 1.82) is 0 Å². The van der Waals surface area contributed by atoms with E-state index in [0.29, 0.717) is 24.5 Å². The second kappa shape index (κ2) is 12.8. The van der Waals surface area contributed by atoms with Gasteiger partial charge in [-0.2, -0.15) is 0 Å². The Balaban J connectivity index is 2.48. The summed E-state index contributed by atoms with van der Waals surface area (Å²) in [7, 11) is 0. The van der Waals surface area contributed by atoms with Crippen molar-refractivity contribution in [2.75, 3.05) is 13.2 Å². The van der Waals surface area contributed by atoms with Crippen LogP contribution in [-0.4, -0.2) is 24.1 Å². The Morgan fingerprint density at radius 3 is 2.25 bits per heavy atom. The molecule has 1 aromatic carbocycles. The summed E-state index contributed by atoms with van der Waals surface area (Å²) in [5.41, 5.74) is 0.731. The van der Waals surface area contributed by atoms with Gasteiger partial charge in [0.15, 0.2) is 5.78 Å². The Bertz CT molecular complexity index is 471. The predicted molar refractivity (Wildman–Crippen MR) is 96.6 cm³/mol. The topological polar surface area (TPSA) is 55.8 Å². The second-order valence-corrected chi connectivity index (χ2v) is 6.16. The quantitative estimate of drug-likeness (QED) is 0.502. The lowest BCUT2D eigenvalue weighted by Crippen LogP contribution is -2.11. The fourth-order valence-corrected chi connectivity index (χ4v) is 2.42. The van der Waals surface area contributed by atoms with Crippen LogP contribution in [0.15, 0.2) is 18.2 Å². The van der Waals surface area contributed by atoms with Crippen LogP contribution in [0.4, 0.5) is 0 Å². The normalized spacial score (nSPS) is 10.6. The summed E-state index contributed by atoms with van der Waals surface area (Å²) in [5.74, 6) is 1.38. The van der Waals surface area contributed by atoms with Crippen molar-refractivity contribution in [2.45, 2.75) is 71.8 Å². The Morgan fingerprint density at radius 2 is 1.58 bits per heavy atom. The molecule has 1 aromatic rings. The first-order valence-electron chi connectivity index (χ1n) is 9.21. The van der Waals surface area contributed by atoms with Gasteiger partial charge in [0.05, 0.1) is 13.2 Å². The Hall–Kier alpha value is -1.55. The number of ketones is 1. The van der Waals surface area contributed by atoms with Crippen LogP contribution in [0.1, 0.15) is 70.8 Å². The van der Waals surface area contributed by atoms with Crippen LogP contribution < -0.4 is 9.47 Å². The number of benzene rings is 1. The number of aliphatic hydroxyl groups excluding tert-OH is 1. The Kier molecular flexibility index (Phi) is 10.9. The third kappa shape index (κ3) is 8.92. The number of carbonyl (C=O) groups excluding carboxylic acids is 1. The van der Waals surface area contributed by atoms with Gasteiger partial charge in [0.2, 0.25) is 0 Å². The first-order valence-corrected chi connectivity index (χ1v) is 9.21. The van der Waals surface area contributed by atoms with Crippen LogP contribution in [0.2, 0.25) is 0 Å². The lowest BCUT2D eigenvalue weighted by Gasteiger charge is -2.11. The molecule has 0 saturated carbocycles. The molecule has 0 fully saturated rings. The maximum Gasteiger partial charge on any atom is 0.170 e. The van der Waals surface area contributed by atoms with E-state index in [4.69, 9.17) is 9.47 Å². The van der Waals surface area contributed by atoms with Gasteiger partial charge in [-0.1, -0.05) is 46.0 Å². The van der Waals surface area contributed by atoms with Gasteiger partial charge in [-0.05, 0) is 30.5 Å². The third-order valence-electron chi connectivity index (χ3n) is 3.85. The van der Waals surface area contributed by atoms with Crippen LogP contribution in [-0.2, 0) is 11.4 Å². The maximum atomic E-state index is 11.8. The van der Waals surface area contributed by atoms with Crippen molar-refractivity contribution in [3.8, 4) is 11.5 Å². The van der Waals surface area contributed by atoms with Crippen molar-refractivity contribution in [3.05, 3.63) is 23.8 Å². The summed E-state index contributed by atoms with van der Waals surface area (Å²) < 4.78 is 11.3. The number of aliphatic hydroxyl groups is 1. The zero-order valence-corrected chi connectivity index (χ0v) is 15.2. The van der Waals surface area contributed by atoms with Gasteiger partial charge in [0.25, 0.3) is 0 Å². The number of ether oxygens (including phenoxy) is 2. The zero-order chi connectivity index (χ0) is 17.6. The van der Waals surface area contributed by atoms with E-state index in [0.717, 1.165) is 37.7 Å². The van der Waals surface area contributed by atoms with Gasteiger partial charge in [-0.15, -0.1) is 0 Å². The Labute approximate surface area is 146 Å². The molecule has 0 radical (unpaired) electrons. The summed E-state index contributed by atoms with van der Waals surface area (Å²) in [6, 6.07) is 5.36. The minimum Gasteiger partial charge on any atom is -0.493 e. The largest absolute Gasteiger partial charge is 0.493 e. The predicted octanol–water partition coefficient (Wildman–Crippen LogP) is 4.67. The van der Waals surface area contributed by atoms with E-state index >= 15 is 0 Å². The molecule has 0 aliphatic carbocycles. The number of hydrogen-bond donors (Lipinski definition) is 1. The number of rotatable bonds is 14. The van der Waals surface area contributed by atoms with Gasteiger partial charge in [-0.25, -0.2) is 0 Å². The van der Waals surface area contributed by atoms with E-state index in [2.05, 4.69) is 13.8 Å². The fraction of sp³-hybridized carbons (Fsp3) is 0.650. The van der Waals surface area contributed by atoms with E-state index in [-0.39, 0.29) is 19.0 Å². The minimum absolute atomic E-state index is 0.0756. The number of hydrogen-bond acceptors (Lipinski definition) is 4. The SMILES string of the molecule is CCCCCCOc1cc(CO)cc(OCC(=O)CCCCC)c1. The Morgan fingerprint density at radius 1 is 0.917 bits per heavy atom. The molecule has 1 N–H and O–H groups in total. The summed E-state index contributed by atoms with van der Waals surface area (Å²) >= 11 is 0. The summed E-state index contributed by atoms with van der Waals surface area (Å²) in [4.78, 5) is 11.8. The molecule has 4 nitrogen and oxygen atoms in total. The van der Waals surface area contributed by atoms with Gasteiger partial charge in [-0.3, -0.25) is 4.79 Å². The minimum atomic E-state index is -0.0756. The lowest BCUT2D eigenvalue weighted by molar-refractivity contribution is -0.121. The molecule has 0 aliphatic heterocycles. The van der Waals surface area contributed by atoms with E-state index in [1.54, 1.807) is 12.1 Å². The molecule has 0 heterocycles. The highest BCUT2D eigenvalue weighted by Crippen LogP contribution is 2.23. The highest BCUT2D eigenvalue weighted by atomic mass is 16.5. The average molecular weight is 336 g/mol. The van der Waals surface area contributed by atoms with Crippen LogP contribution in [0.5, 0.6) is 11.5 Å². The first kappa shape index (κ1) is 20.5. The molecule has 0 saturated heterocycles. The van der Waals surface area contributed by atoms with Gasteiger partial charge in [0, 0.05) is 12.5 Å². The molecule has 0 spiro atoms. The smallest absolute Gasteiger partial charge is 0.170 e. The fourth-order valence-electron chi connectivity index (χ4n) is 2.42. The molecule has 24 heavy (non-hydrogen) atoms. The monoisotopic (exact) mass is 336 g/mol. The van der Waals surface area contributed by atoms with Crippen LogP contribution in [0, 0.1) is 0 Å². The van der Waals surface area contributed by atoms with Crippen molar-refractivity contribution in [2.24, 2.45) is 0 Å². The standard InChI is InChI=1S/C20H32O4/c1-3-5-7-9-11-23-19-12-17(15-21)13-20(14-19)24-16-18(22)10-8-6-4-2/h12-14,21H,3-11,15-16H2,1-2H3. The van der Waals surface area contributed by atoms with Gasteiger partial charge in [0.1, 0.15) is 18.1 Å². The van der Waals surface area contributed by atoms with Crippen molar-refractivity contribution in [1.82, 2.24) is 0 Å². The van der Waals surface area contributed by atoms with Gasteiger partial charge < -0.3 is 14.6 Å². The van der Waals surface area contributed by atoms with Gasteiger partial charge >= 0.3 is 0 Å². The van der Waals surface area contributed by atoms with E-state index in [1.165, 1.54) is 12.8 Å². The second-order valence-electron chi connectivity index (χ2n) is 6.16. The summed E-state index contributed by atoms with van der Waals surface area (Å²) in [5, 5.41) is 9.37. The molecule has 136 valence electrons. The van der Waals surface area contributed by atoms with Crippen LogP contribution >= 0.6 is 0 Å². The van der Waals surface area contributed by atoms with Crippen molar-refractivity contribution >= 4 is 5.78 Å².